The van der Waals surface area contributed by atoms with E-state index in [0.717, 1.165) is 6.54 Å². The summed E-state index contributed by atoms with van der Waals surface area (Å²) in [6.45, 7) is 5.67. The molecule has 0 aliphatic carbocycles. The maximum absolute atomic E-state index is 10.2. The molecule has 0 spiro atoms. The third kappa shape index (κ3) is 2.55. The molecule has 3 unspecified atom stereocenters. The first-order chi connectivity index (χ1) is 8.63. The Labute approximate surface area is 109 Å². The fourth-order valence-corrected chi connectivity index (χ4v) is 2.86. The number of nitrogens with zero attached hydrogens (tertiary/aromatic N) is 2. The van der Waals surface area contributed by atoms with Gasteiger partial charge in [0.1, 0.15) is 0 Å². The van der Waals surface area contributed by atoms with Crippen LogP contribution in [-0.4, -0.2) is 28.7 Å². The molecule has 0 radical (unpaired) electrons. The Morgan fingerprint density at radius 2 is 2.06 bits per heavy atom. The highest BCUT2D eigenvalue weighted by Gasteiger charge is 2.42. The van der Waals surface area contributed by atoms with Crippen LogP contribution in [0.3, 0.4) is 0 Å². The number of hydrogen-bond acceptors (Lipinski definition) is 3. The molecule has 3 atom stereocenters. The molecule has 96 valence electrons. The Kier molecular flexibility index (Phi) is 4.00. The van der Waals surface area contributed by atoms with Crippen LogP contribution < -0.4 is 0 Å². The fraction of sp³-hybridized carbons (Fsp3) is 0.533. The SMILES string of the molecule is CC(C)C1C(O)C(C#N)CN1Cc1ccccc1. The van der Waals surface area contributed by atoms with E-state index in [1.54, 1.807) is 0 Å². The van der Waals surface area contributed by atoms with Crippen molar-refractivity contribution in [2.24, 2.45) is 11.8 Å². The highest BCUT2D eigenvalue weighted by Crippen LogP contribution is 2.29. The fourth-order valence-electron chi connectivity index (χ4n) is 2.86. The molecule has 2 rings (SSSR count). The minimum Gasteiger partial charge on any atom is -0.390 e. The molecule has 1 saturated heterocycles. The molecule has 1 aromatic carbocycles. The Morgan fingerprint density at radius 1 is 1.39 bits per heavy atom. The second-order valence-corrected chi connectivity index (χ2v) is 5.38. The Bertz CT molecular complexity index is 424. The van der Waals surface area contributed by atoms with E-state index < -0.39 is 6.10 Å². The second kappa shape index (κ2) is 5.51. The van der Waals surface area contributed by atoms with Crippen LogP contribution >= 0.6 is 0 Å². The molecule has 0 bridgehead atoms. The van der Waals surface area contributed by atoms with Gasteiger partial charge in [0.25, 0.3) is 0 Å². The van der Waals surface area contributed by atoms with Gasteiger partial charge in [-0.05, 0) is 11.5 Å². The summed E-state index contributed by atoms with van der Waals surface area (Å²) >= 11 is 0. The highest BCUT2D eigenvalue weighted by molar-refractivity contribution is 5.16. The van der Waals surface area contributed by atoms with Gasteiger partial charge in [0, 0.05) is 19.1 Å². The molecular weight excluding hydrogens is 224 g/mol. The van der Waals surface area contributed by atoms with Crippen LogP contribution in [0.15, 0.2) is 30.3 Å². The molecule has 0 aromatic heterocycles. The third-order valence-corrected chi connectivity index (χ3v) is 3.69. The Hall–Kier alpha value is -1.37. The zero-order valence-corrected chi connectivity index (χ0v) is 11.0. The summed E-state index contributed by atoms with van der Waals surface area (Å²) in [6, 6.07) is 12.5. The van der Waals surface area contributed by atoms with Crippen molar-refractivity contribution in [1.29, 1.82) is 5.26 Å². The van der Waals surface area contributed by atoms with Crippen LogP contribution in [0, 0.1) is 23.2 Å². The lowest BCUT2D eigenvalue weighted by molar-refractivity contribution is 0.0756. The lowest BCUT2D eigenvalue weighted by atomic mass is 9.95. The van der Waals surface area contributed by atoms with E-state index >= 15 is 0 Å². The Morgan fingerprint density at radius 3 is 2.61 bits per heavy atom. The van der Waals surface area contributed by atoms with E-state index in [0.29, 0.717) is 12.5 Å². The monoisotopic (exact) mass is 244 g/mol. The predicted octanol–water partition coefficient (Wildman–Crippen LogP) is 2.03. The minimum atomic E-state index is -0.529. The first kappa shape index (κ1) is 13.1. The molecule has 0 amide bonds. The van der Waals surface area contributed by atoms with Crippen molar-refractivity contribution in [2.75, 3.05) is 6.54 Å². The van der Waals surface area contributed by atoms with Crippen LogP contribution in [-0.2, 0) is 6.54 Å². The number of rotatable bonds is 3. The van der Waals surface area contributed by atoms with E-state index in [9.17, 15) is 5.11 Å². The van der Waals surface area contributed by atoms with E-state index in [-0.39, 0.29) is 12.0 Å². The largest absolute Gasteiger partial charge is 0.390 e. The lowest BCUT2D eigenvalue weighted by Crippen LogP contribution is -2.39. The summed E-state index contributed by atoms with van der Waals surface area (Å²) in [6.07, 6.45) is -0.529. The van der Waals surface area contributed by atoms with Gasteiger partial charge in [-0.1, -0.05) is 44.2 Å². The summed E-state index contributed by atoms with van der Waals surface area (Å²) in [7, 11) is 0. The van der Waals surface area contributed by atoms with Crippen molar-refractivity contribution < 1.29 is 5.11 Å². The molecule has 1 aromatic rings. The van der Waals surface area contributed by atoms with Crippen molar-refractivity contribution in [3.05, 3.63) is 35.9 Å². The van der Waals surface area contributed by atoms with Crippen LogP contribution in [0.4, 0.5) is 0 Å². The van der Waals surface area contributed by atoms with Gasteiger partial charge in [-0.2, -0.15) is 5.26 Å². The number of hydrogen-bond donors (Lipinski definition) is 1. The Balaban J connectivity index is 2.14. The van der Waals surface area contributed by atoms with Crippen molar-refractivity contribution in [1.82, 2.24) is 4.90 Å². The number of aliphatic hydroxyl groups excluding tert-OH is 1. The van der Waals surface area contributed by atoms with Gasteiger partial charge in [0.05, 0.1) is 18.1 Å². The second-order valence-electron chi connectivity index (χ2n) is 5.38. The number of likely N-dealkylation sites (tertiary alicyclic amines) is 1. The van der Waals surface area contributed by atoms with Gasteiger partial charge in [-0.3, -0.25) is 4.90 Å². The molecule has 0 saturated carbocycles. The molecule has 1 heterocycles. The first-order valence-corrected chi connectivity index (χ1v) is 6.49. The van der Waals surface area contributed by atoms with E-state index in [1.807, 2.05) is 18.2 Å². The van der Waals surface area contributed by atoms with Gasteiger partial charge in [0.2, 0.25) is 0 Å². The average molecular weight is 244 g/mol. The van der Waals surface area contributed by atoms with Gasteiger partial charge in [-0.15, -0.1) is 0 Å². The van der Waals surface area contributed by atoms with Gasteiger partial charge < -0.3 is 5.11 Å². The average Bonchev–Trinajstić information content (AvgIpc) is 2.66. The van der Waals surface area contributed by atoms with E-state index in [4.69, 9.17) is 5.26 Å². The predicted molar refractivity (Wildman–Crippen MR) is 70.6 cm³/mol. The molecular formula is C15H20N2O. The zero-order valence-electron chi connectivity index (χ0n) is 11.0. The van der Waals surface area contributed by atoms with Crippen LogP contribution in [0.1, 0.15) is 19.4 Å². The smallest absolute Gasteiger partial charge is 0.0868 e. The van der Waals surface area contributed by atoms with Gasteiger partial charge in [0.15, 0.2) is 0 Å². The minimum absolute atomic E-state index is 0.0786. The number of aliphatic hydroxyl groups is 1. The first-order valence-electron chi connectivity index (χ1n) is 6.49. The number of nitriles is 1. The standard InChI is InChI=1S/C15H20N2O/c1-11(2)14-15(18)13(8-16)10-17(14)9-12-6-4-3-5-7-12/h3-7,11,13-15,18H,9-10H2,1-2H3. The summed E-state index contributed by atoms with van der Waals surface area (Å²) in [5.74, 6) is 0.0863. The van der Waals surface area contributed by atoms with Gasteiger partial charge >= 0.3 is 0 Å². The van der Waals surface area contributed by atoms with Crippen molar-refractivity contribution in [3.8, 4) is 6.07 Å². The quantitative estimate of drug-likeness (QED) is 0.885. The molecule has 18 heavy (non-hydrogen) atoms. The van der Waals surface area contributed by atoms with E-state index in [2.05, 4.69) is 36.9 Å². The topological polar surface area (TPSA) is 47.3 Å². The van der Waals surface area contributed by atoms with Crippen molar-refractivity contribution >= 4 is 0 Å². The van der Waals surface area contributed by atoms with Crippen LogP contribution in [0.2, 0.25) is 0 Å². The molecule has 1 N–H and O–H groups in total. The van der Waals surface area contributed by atoms with Gasteiger partial charge in [-0.25, -0.2) is 0 Å². The number of benzene rings is 1. The molecule has 1 aliphatic heterocycles. The third-order valence-electron chi connectivity index (χ3n) is 3.69. The highest BCUT2D eigenvalue weighted by atomic mass is 16.3. The molecule has 1 aliphatic rings. The molecule has 3 heteroatoms. The summed E-state index contributed by atoms with van der Waals surface area (Å²) < 4.78 is 0. The molecule has 1 fully saturated rings. The maximum atomic E-state index is 10.2. The van der Waals surface area contributed by atoms with Crippen LogP contribution in [0.25, 0.3) is 0 Å². The summed E-state index contributed by atoms with van der Waals surface area (Å²) in [5, 5.41) is 19.3. The lowest BCUT2D eigenvalue weighted by Gasteiger charge is -2.29. The maximum Gasteiger partial charge on any atom is 0.0868 e. The summed E-state index contributed by atoms with van der Waals surface area (Å²) in [4.78, 5) is 2.23. The normalized spacial score (nSPS) is 28.5. The van der Waals surface area contributed by atoms with Crippen LogP contribution in [0.5, 0.6) is 0 Å². The summed E-state index contributed by atoms with van der Waals surface area (Å²) in [5.41, 5.74) is 1.23. The van der Waals surface area contributed by atoms with Crippen molar-refractivity contribution in [2.45, 2.75) is 32.5 Å². The van der Waals surface area contributed by atoms with E-state index in [1.165, 1.54) is 5.56 Å². The zero-order chi connectivity index (χ0) is 13.1. The molecule has 3 nitrogen and oxygen atoms in total. The van der Waals surface area contributed by atoms with Crippen molar-refractivity contribution in [3.63, 3.8) is 0 Å².